The minimum atomic E-state index is -0.402. The summed E-state index contributed by atoms with van der Waals surface area (Å²) in [6, 6.07) is 3.51. The molecule has 21 heavy (non-hydrogen) atoms. The molecule has 2 heterocycles. The molecule has 1 aromatic rings. The van der Waals surface area contributed by atoms with Crippen LogP contribution in [0.3, 0.4) is 0 Å². The minimum Gasteiger partial charge on any atom is -0.506 e. The van der Waals surface area contributed by atoms with Crippen molar-refractivity contribution in [2.24, 2.45) is 0 Å². The van der Waals surface area contributed by atoms with Crippen molar-refractivity contribution in [2.75, 3.05) is 10.6 Å². The Kier molecular flexibility index (Phi) is 6.86. The number of nitrogens with two attached hydrogens (primary N) is 1. The van der Waals surface area contributed by atoms with Crippen LogP contribution >= 0.6 is 0 Å². The predicted molar refractivity (Wildman–Crippen MR) is 88.6 cm³/mol. The summed E-state index contributed by atoms with van der Waals surface area (Å²) in [5.74, 6) is -0.428. The average molecular weight is 292 g/mol. The number of nitrogens with zero attached hydrogens (tertiary/aromatic N) is 1. The second-order valence-corrected chi connectivity index (χ2v) is 5.09. The molecule has 2 radical (unpaired) electrons. The lowest BCUT2D eigenvalue weighted by atomic mass is 10.0. The number of anilines is 2. The highest BCUT2D eigenvalue weighted by atomic mass is 19.1. The average Bonchev–Trinajstić information content (AvgIpc) is 2.73. The van der Waals surface area contributed by atoms with Crippen molar-refractivity contribution in [3.63, 3.8) is 0 Å². The van der Waals surface area contributed by atoms with E-state index >= 15 is 0 Å². The Morgan fingerprint density at radius 1 is 1.14 bits per heavy atom. The van der Waals surface area contributed by atoms with Crippen molar-refractivity contribution in [3.8, 4) is 5.75 Å². The highest BCUT2D eigenvalue weighted by Crippen LogP contribution is 2.44. The Bertz CT molecular complexity index is 417. The summed E-state index contributed by atoms with van der Waals surface area (Å²) in [4.78, 5) is 2.08. The van der Waals surface area contributed by atoms with Crippen LogP contribution in [0.15, 0.2) is 12.1 Å². The van der Waals surface area contributed by atoms with Gasteiger partial charge in [-0.05, 0) is 38.2 Å². The van der Waals surface area contributed by atoms with E-state index in [1.165, 1.54) is 25.4 Å². The van der Waals surface area contributed by atoms with Gasteiger partial charge < -0.3 is 15.7 Å². The number of nitrogen functional groups attached to an aromatic ring is 1. The van der Waals surface area contributed by atoms with Gasteiger partial charge in [0.1, 0.15) is 11.4 Å². The quantitative estimate of drug-likeness (QED) is 0.610. The third-order valence-electron chi connectivity index (χ3n) is 4.02. The maximum Gasteiger partial charge on any atom is 0.152 e. The fourth-order valence-corrected chi connectivity index (χ4v) is 3.34. The second-order valence-electron chi connectivity index (χ2n) is 5.09. The summed E-state index contributed by atoms with van der Waals surface area (Å²) in [5.41, 5.74) is 6.15. The molecule has 0 saturated carbocycles. The van der Waals surface area contributed by atoms with E-state index in [-0.39, 0.29) is 11.4 Å². The summed E-state index contributed by atoms with van der Waals surface area (Å²) in [6.07, 6.45) is 5.62. The van der Waals surface area contributed by atoms with E-state index in [0.29, 0.717) is 17.8 Å². The molecule has 3 rings (SSSR count). The minimum absolute atomic E-state index is 0.0266. The molecular weight excluding hydrogens is 266 g/mol. The summed E-state index contributed by atoms with van der Waals surface area (Å²) in [7, 11) is 4.50. The van der Waals surface area contributed by atoms with Crippen LogP contribution in [0, 0.1) is 5.82 Å². The summed E-state index contributed by atoms with van der Waals surface area (Å²) in [5, 5.41) is 9.93. The fraction of sp³-hybridized carbons (Fsp3) is 0.625. The van der Waals surface area contributed by atoms with E-state index in [1.807, 2.05) is 13.8 Å². The fourth-order valence-electron chi connectivity index (χ4n) is 3.34. The number of aromatic hydroxyl groups is 1. The van der Waals surface area contributed by atoms with E-state index in [4.69, 9.17) is 5.73 Å². The first-order valence-corrected chi connectivity index (χ1v) is 7.81. The molecule has 2 bridgehead atoms. The second kappa shape index (κ2) is 8.15. The summed E-state index contributed by atoms with van der Waals surface area (Å²) < 4.78 is 14.0. The molecule has 2 unspecified atom stereocenters. The summed E-state index contributed by atoms with van der Waals surface area (Å²) >= 11 is 0. The topological polar surface area (TPSA) is 49.5 Å². The van der Waals surface area contributed by atoms with Gasteiger partial charge in [-0.2, -0.15) is 0 Å². The van der Waals surface area contributed by atoms with Crippen molar-refractivity contribution in [1.29, 1.82) is 0 Å². The van der Waals surface area contributed by atoms with Crippen LogP contribution in [0.25, 0.3) is 0 Å². The molecule has 0 aromatic heterocycles. The zero-order valence-corrected chi connectivity index (χ0v) is 13.3. The van der Waals surface area contributed by atoms with Crippen LogP contribution in [0.2, 0.25) is 6.82 Å². The lowest BCUT2D eigenvalue weighted by molar-refractivity contribution is 0.432. The van der Waals surface area contributed by atoms with Gasteiger partial charge in [-0.15, -0.1) is 0 Å². The molecule has 1 aromatic carbocycles. The molecule has 3 nitrogen and oxygen atoms in total. The highest BCUT2D eigenvalue weighted by molar-refractivity contribution is 6.05. The molecule has 3 N–H and O–H groups in total. The molecule has 2 fully saturated rings. The number of hydrogen-bond donors (Lipinski definition) is 2. The number of hydrogen-bond acceptors (Lipinski definition) is 3. The molecule has 5 heteroatoms. The molecule has 0 amide bonds. The summed E-state index contributed by atoms with van der Waals surface area (Å²) in [6.45, 7) is 5.50. The normalized spacial score (nSPS) is 22.8. The largest absolute Gasteiger partial charge is 0.506 e. The van der Waals surface area contributed by atoms with Gasteiger partial charge in [0.25, 0.3) is 0 Å². The smallest absolute Gasteiger partial charge is 0.152 e. The molecule has 2 atom stereocenters. The molecule has 2 aliphatic rings. The maximum atomic E-state index is 14.0. The monoisotopic (exact) mass is 292 g/mol. The third kappa shape index (κ3) is 3.63. The van der Waals surface area contributed by atoms with Gasteiger partial charge >= 0.3 is 0 Å². The van der Waals surface area contributed by atoms with E-state index in [0.717, 1.165) is 25.7 Å². The number of phenolic OH excluding ortho intramolecular Hbond substituents is 1. The van der Waals surface area contributed by atoms with Gasteiger partial charge in [0.05, 0.1) is 7.85 Å². The number of fused-ring (bicyclic) bond motifs is 2. The zero-order valence-electron chi connectivity index (χ0n) is 13.3. The Labute approximate surface area is 128 Å². The van der Waals surface area contributed by atoms with Crippen LogP contribution in [0.4, 0.5) is 15.8 Å². The predicted octanol–water partition coefficient (Wildman–Crippen LogP) is 3.86. The van der Waals surface area contributed by atoms with Gasteiger partial charge in [0.2, 0.25) is 0 Å². The van der Waals surface area contributed by atoms with Crippen LogP contribution in [-0.4, -0.2) is 25.0 Å². The zero-order chi connectivity index (χ0) is 16.0. The third-order valence-corrected chi connectivity index (χ3v) is 4.02. The van der Waals surface area contributed by atoms with Crippen LogP contribution in [0.1, 0.15) is 46.0 Å². The molecule has 2 aliphatic heterocycles. The Morgan fingerprint density at radius 3 is 2.14 bits per heavy atom. The number of benzene rings is 1. The number of piperidine rings is 1. The van der Waals surface area contributed by atoms with Crippen LogP contribution < -0.4 is 10.6 Å². The SMILES string of the molecule is CC.Nc1cc(O)c(N2C3CCCC2CC3)c(F)c1.[B]C. The Hall–Kier alpha value is -1.39. The first kappa shape index (κ1) is 17.7. The van der Waals surface area contributed by atoms with Gasteiger partial charge in [0.15, 0.2) is 5.82 Å². The van der Waals surface area contributed by atoms with Crippen molar-refractivity contribution in [3.05, 3.63) is 17.9 Å². The van der Waals surface area contributed by atoms with E-state index in [1.54, 1.807) is 0 Å². The molecule has 2 saturated heterocycles. The standard InChI is InChI=1S/C13H17FN2O.C2H6.CH3B/c14-11-6-8(15)7-12(17)13(11)16-9-2-1-3-10(16)5-4-9;2*1-2/h6-7,9-10,17H,1-5,15H2;1-2H3;1H3. The number of halogens is 1. The van der Waals surface area contributed by atoms with Gasteiger partial charge in [0, 0.05) is 23.8 Å². The van der Waals surface area contributed by atoms with Crippen molar-refractivity contribution >= 4 is 19.2 Å². The molecule has 116 valence electrons. The van der Waals surface area contributed by atoms with E-state index in [9.17, 15) is 9.50 Å². The van der Waals surface area contributed by atoms with Crippen molar-refractivity contribution in [1.82, 2.24) is 0 Å². The van der Waals surface area contributed by atoms with Crippen molar-refractivity contribution < 1.29 is 9.50 Å². The highest BCUT2D eigenvalue weighted by Gasteiger charge is 2.38. The first-order chi connectivity index (χ1) is 10.2. The van der Waals surface area contributed by atoms with Gasteiger partial charge in [-0.3, -0.25) is 0 Å². The van der Waals surface area contributed by atoms with Crippen molar-refractivity contribution in [2.45, 2.75) is 64.9 Å². The van der Waals surface area contributed by atoms with Crippen LogP contribution in [0.5, 0.6) is 5.75 Å². The first-order valence-electron chi connectivity index (χ1n) is 7.81. The lowest BCUT2D eigenvalue weighted by Crippen LogP contribution is -2.40. The van der Waals surface area contributed by atoms with E-state index < -0.39 is 5.82 Å². The Balaban J connectivity index is 0.000000510. The molecular formula is C16H26BFN2O. The maximum absolute atomic E-state index is 14.0. The van der Waals surface area contributed by atoms with Crippen LogP contribution in [-0.2, 0) is 0 Å². The Morgan fingerprint density at radius 2 is 1.67 bits per heavy atom. The number of rotatable bonds is 1. The van der Waals surface area contributed by atoms with Gasteiger partial charge in [-0.25, -0.2) is 4.39 Å². The van der Waals surface area contributed by atoms with Gasteiger partial charge in [-0.1, -0.05) is 20.7 Å². The molecule has 0 aliphatic carbocycles. The molecule has 0 spiro atoms. The number of phenols is 1. The van der Waals surface area contributed by atoms with E-state index in [2.05, 4.69) is 12.7 Å². The lowest BCUT2D eigenvalue weighted by Gasteiger charge is -2.37.